The Morgan fingerprint density at radius 1 is 1.50 bits per heavy atom. The molecule has 2 heteroatoms. The summed E-state index contributed by atoms with van der Waals surface area (Å²) < 4.78 is 0. The second-order valence-electron chi connectivity index (χ2n) is 2.08. The molecular weight excluding hydrogens is 123 g/mol. The quantitative estimate of drug-likeness (QED) is 0.571. The molecule has 0 unspecified atom stereocenters. The average Bonchev–Trinajstić information content (AvgIpc) is 1.88. The molecule has 0 aliphatic rings. The summed E-state index contributed by atoms with van der Waals surface area (Å²) in [6, 6.07) is 6.68. The molecule has 0 bridgehead atoms. The monoisotopic (exact) mass is 130 g/mol. The van der Waals surface area contributed by atoms with E-state index in [1.54, 1.807) is 24.3 Å². The lowest BCUT2D eigenvalue weighted by Crippen LogP contribution is -1.78. The molecule has 1 aromatic carbocycles. The maximum atomic E-state index is 8.97. The zero-order valence-electron chi connectivity index (χ0n) is 5.54. The Morgan fingerprint density at radius 2 is 2.20 bits per heavy atom. The molecule has 0 heterocycles. The van der Waals surface area contributed by atoms with Crippen LogP contribution in [-0.2, 0) is 0 Å². The highest BCUT2D eigenvalue weighted by Crippen LogP contribution is 2.14. The third-order valence-corrected chi connectivity index (χ3v) is 1.22. The fourth-order valence-corrected chi connectivity index (χ4v) is 0.706. The number of rotatable bonds is 1. The molecule has 0 spiro atoms. The highest BCUT2D eigenvalue weighted by Gasteiger charge is 1.91. The van der Waals surface area contributed by atoms with Crippen molar-refractivity contribution in [3.63, 3.8) is 0 Å². The summed E-state index contributed by atoms with van der Waals surface area (Å²) in [6.07, 6.45) is 0. The lowest BCUT2D eigenvalue weighted by atomic mass is 9.90. The van der Waals surface area contributed by atoms with Gasteiger partial charge in [0, 0.05) is 0 Å². The molecule has 1 aromatic rings. The van der Waals surface area contributed by atoms with E-state index in [1.807, 2.05) is 0 Å². The first-order valence-corrected chi connectivity index (χ1v) is 2.94. The summed E-state index contributed by atoms with van der Waals surface area (Å²) in [5.41, 5.74) is 1.23. The molecule has 0 saturated carbocycles. The van der Waals surface area contributed by atoms with Crippen LogP contribution in [0, 0.1) is 0 Å². The van der Waals surface area contributed by atoms with Crippen LogP contribution < -0.4 is 0 Å². The smallest absolute Gasteiger partial charge is 0.116 e. The Bertz CT molecular complexity index is 255. The number of benzene rings is 1. The molecule has 1 nitrogen and oxygen atoms in total. The largest absolute Gasteiger partial charge is 0.508 e. The number of phenolic OH excluding ortho intramolecular Hbond substituents is 1. The first-order valence-electron chi connectivity index (χ1n) is 2.94. The van der Waals surface area contributed by atoms with Crippen molar-refractivity contribution in [2.75, 3.05) is 0 Å². The maximum absolute atomic E-state index is 8.97. The average molecular weight is 130 g/mol. The van der Waals surface area contributed by atoms with Gasteiger partial charge in [0.1, 0.15) is 13.6 Å². The van der Waals surface area contributed by atoms with E-state index in [2.05, 4.69) is 6.58 Å². The van der Waals surface area contributed by atoms with Crippen LogP contribution in [0.1, 0.15) is 5.56 Å². The minimum atomic E-state index is 0.212. The topological polar surface area (TPSA) is 20.2 Å². The van der Waals surface area contributed by atoms with Gasteiger partial charge in [0.15, 0.2) is 0 Å². The first-order chi connectivity index (χ1) is 4.70. The van der Waals surface area contributed by atoms with Crippen molar-refractivity contribution in [1.82, 2.24) is 0 Å². The molecule has 10 heavy (non-hydrogen) atoms. The molecule has 0 amide bonds. The van der Waals surface area contributed by atoms with Crippen LogP contribution in [0.3, 0.4) is 0 Å². The van der Waals surface area contributed by atoms with Crippen LogP contribution >= 0.6 is 0 Å². The van der Waals surface area contributed by atoms with Gasteiger partial charge < -0.3 is 5.11 Å². The standard InChI is InChI=1S/C8H7BO/c1-6(9)7-3-2-4-8(10)5-7/h2-5,10H,1H2. The number of aromatic hydroxyl groups is 1. The summed E-state index contributed by atoms with van der Waals surface area (Å²) in [4.78, 5) is 0. The SMILES string of the molecule is [B]C(=C)c1cccc(O)c1. The van der Waals surface area contributed by atoms with Gasteiger partial charge in [0.05, 0.1) is 0 Å². The zero-order valence-corrected chi connectivity index (χ0v) is 5.54. The van der Waals surface area contributed by atoms with Crippen LogP contribution in [-0.4, -0.2) is 13.0 Å². The van der Waals surface area contributed by atoms with Crippen molar-refractivity contribution >= 4 is 13.3 Å². The van der Waals surface area contributed by atoms with Crippen molar-refractivity contribution in [2.45, 2.75) is 0 Å². The van der Waals surface area contributed by atoms with Gasteiger partial charge >= 0.3 is 0 Å². The molecule has 0 atom stereocenters. The number of hydrogen-bond acceptors (Lipinski definition) is 1. The van der Waals surface area contributed by atoms with Gasteiger partial charge in [-0.1, -0.05) is 17.6 Å². The van der Waals surface area contributed by atoms with Crippen molar-refractivity contribution in [3.05, 3.63) is 36.4 Å². The van der Waals surface area contributed by atoms with E-state index in [-0.39, 0.29) is 5.75 Å². The normalized spacial score (nSPS) is 9.20. The Labute approximate surface area is 61.4 Å². The van der Waals surface area contributed by atoms with Gasteiger partial charge in [-0.05, 0) is 17.7 Å². The summed E-state index contributed by atoms with van der Waals surface area (Å²) >= 11 is 0. The number of phenols is 1. The van der Waals surface area contributed by atoms with E-state index in [4.69, 9.17) is 13.0 Å². The van der Waals surface area contributed by atoms with E-state index >= 15 is 0 Å². The summed E-state index contributed by atoms with van der Waals surface area (Å²) in [5, 5.41) is 8.97. The third kappa shape index (κ3) is 1.41. The van der Waals surface area contributed by atoms with Crippen LogP contribution in [0.4, 0.5) is 0 Å². The molecule has 2 radical (unpaired) electrons. The van der Waals surface area contributed by atoms with Crippen LogP contribution in [0.25, 0.3) is 5.47 Å². The van der Waals surface area contributed by atoms with E-state index in [1.165, 1.54) is 0 Å². The molecule has 0 aliphatic heterocycles. The minimum absolute atomic E-state index is 0.212. The maximum Gasteiger partial charge on any atom is 0.116 e. The van der Waals surface area contributed by atoms with Gasteiger partial charge in [0.25, 0.3) is 0 Å². The Hall–Kier alpha value is -1.18. The second kappa shape index (κ2) is 2.61. The summed E-state index contributed by atoms with van der Waals surface area (Å²) in [7, 11) is 5.38. The zero-order chi connectivity index (χ0) is 7.56. The van der Waals surface area contributed by atoms with Gasteiger partial charge in [0.2, 0.25) is 0 Å². The Kier molecular flexibility index (Phi) is 1.81. The predicted molar refractivity (Wildman–Crippen MR) is 42.9 cm³/mol. The molecule has 0 fully saturated rings. The van der Waals surface area contributed by atoms with Crippen molar-refractivity contribution in [2.24, 2.45) is 0 Å². The van der Waals surface area contributed by atoms with Gasteiger partial charge in [-0.3, -0.25) is 0 Å². The van der Waals surface area contributed by atoms with E-state index in [9.17, 15) is 0 Å². The van der Waals surface area contributed by atoms with Crippen LogP contribution in [0.2, 0.25) is 0 Å². The van der Waals surface area contributed by atoms with Crippen molar-refractivity contribution < 1.29 is 5.11 Å². The molecule has 0 aromatic heterocycles. The van der Waals surface area contributed by atoms with Gasteiger partial charge in [-0.2, -0.15) is 0 Å². The van der Waals surface area contributed by atoms with Crippen molar-refractivity contribution in [3.8, 4) is 5.75 Å². The molecule has 48 valence electrons. The lowest BCUT2D eigenvalue weighted by molar-refractivity contribution is 0.475. The Morgan fingerprint density at radius 3 is 2.60 bits per heavy atom. The summed E-state index contributed by atoms with van der Waals surface area (Å²) in [6.45, 7) is 3.53. The predicted octanol–water partition coefficient (Wildman–Crippen LogP) is 1.53. The molecule has 1 N–H and O–H groups in total. The molecule has 0 aliphatic carbocycles. The van der Waals surface area contributed by atoms with E-state index in [0.717, 1.165) is 5.56 Å². The fraction of sp³-hybridized carbons (Fsp3) is 0. The third-order valence-electron chi connectivity index (χ3n) is 1.22. The lowest BCUT2D eigenvalue weighted by Gasteiger charge is -1.98. The van der Waals surface area contributed by atoms with E-state index in [0.29, 0.717) is 5.47 Å². The summed E-state index contributed by atoms with van der Waals surface area (Å²) in [5.74, 6) is 0.212. The van der Waals surface area contributed by atoms with Crippen molar-refractivity contribution in [1.29, 1.82) is 0 Å². The minimum Gasteiger partial charge on any atom is -0.508 e. The van der Waals surface area contributed by atoms with E-state index < -0.39 is 0 Å². The van der Waals surface area contributed by atoms with Crippen LogP contribution in [0.5, 0.6) is 5.75 Å². The van der Waals surface area contributed by atoms with Crippen LogP contribution in [0.15, 0.2) is 30.8 Å². The Balaban J connectivity index is 3.07. The second-order valence-corrected chi connectivity index (χ2v) is 2.08. The van der Waals surface area contributed by atoms with Gasteiger partial charge in [-0.15, -0.1) is 6.58 Å². The first kappa shape index (κ1) is 6.94. The van der Waals surface area contributed by atoms with Gasteiger partial charge in [-0.25, -0.2) is 0 Å². The molecule has 0 saturated heterocycles. The fourth-order valence-electron chi connectivity index (χ4n) is 0.706. The molecule has 1 rings (SSSR count). The highest BCUT2D eigenvalue weighted by atomic mass is 16.3. The highest BCUT2D eigenvalue weighted by molar-refractivity contribution is 6.41. The molecular formula is C8H7BO. The number of hydrogen-bond donors (Lipinski definition) is 1.